The molecule has 3 atom stereocenters. The van der Waals surface area contributed by atoms with E-state index in [1.54, 1.807) is 0 Å². The van der Waals surface area contributed by atoms with Gasteiger partial charge in [-0.25, -0.2) is 0 Å². The number of carbonyl (C=O) groups excluding carboxylic acids is 1. The van der Waals surface area contributed by atoms with Crippen molar-refractivity contribution in [2.24, 2.45) is 11.8 Å². The average molecular weight is 287 g/mol. The first kappa shape index (κ1) is 14.4. The Hall–Kier alpha value is -1.55. The number of carbonyl (C=O) groups is 1. The Labute approximate surface area is 126 Å². The number of piperidine rings is 1. The Bertz CT molecular complexity index is 543. The van der Waals surface area contributed by atoms with Crippen LogP contribution in [0.1, 0.15) is 38.8 Å². The fourth-order valence-electron chi connectivity index (χ4n) is 3.35. The topological polar surface area (TPSA) is 44.4 Å². The van der Waals surface area contributed by atoms with Gasteiger partial charge in [0, 0.05) is 30.0 Å². The summed E-state index contributed by atoms with van der Waals surface area (Å²) in [5.74, 6) is 1.58. The Kier molecular flexibility index (Phi) is 3.89. The molecule has 21 heavy (non-hydrogen) atoms. The maximum Gasteiger partial charge on any atom is 0.246 e. The Balaban J connectivity index is 1.81. The maximum absolute atomic E-state index is 12.0. The highest BCUT2D eigenvalue weighted by Crippen LogP contribution is 2.35. The van der Waals surface area contributed by atoms with E-state index in [1.165, 1.54) is 12.1 Å². The van der Waals surface area contributed by atoms with Crippen LogP contribution < -0.4 is 15.5 Å². The van der Waals surface area contributed by atoms with Crippen molar-refractivity contribution in [2.45, 2.75) is 33.2 Å². The van der Waals surface area contributed by atoms with Crippen LogP contribution in [0.25, 0.3) is 0 Å². The van der Waals surface area contributed by atoms with E-state index in [-0.39, 0.29) is 11.9 Å². The molecule has 0 aromatic heterocycles. The minimum absolute atomic E-state index is 0.0598. The highest BCUT2D eigenvalue weighted by Gasteiger charge is 2.30. The van der Waals surface area contributed by atoms with Crippen LogP contribution in [0.3, 0.4) is 0 Å². The zero-order valence-corrected chi connectivity index (χ0v) is 13.1. The Morgan fingerprint density at radius 2 is 2.14 bits per heavy atom. The smallest absolute Gasteiger partial charge is 0.246 e. The molecule has 4 heteroatoms. The molecule has 3 rings (SSSR count). The minimum atomic E-state index is -0.195. The van der Waals surface area contributed by atoms with Gasteiger partial charge in [-0.05, 0) is 36.9 Å². The number of anilines is 2. The molecule has 2 aliphatic heterocycles. The monoisotopic (exact) mass is 287 g/mol. The van der Waals surface area contributed by atoms with Gasteiger partial charge in [0.25, 0.3) is 0 Å². The number of nitrogens with one attached hydrogen (secondary N) is 2. The van der Waals surface area contributed by atoms with E-state index in [1.807, 2.05) is 6.92 Å². The van der Waals surface area contributed by atoms with Crippen molar-refractivity contribution in [2.75, 3.05) is 29.9 Å². The fraction of sp³-hybridized carbons (Fsp3) is 0.588. The lowest BCUT2D eigenvalue weighted by atomic mass is 9.88. The van der Waals surface area contributed by atoms with Gasteiger partial charge in [-0.2, -0.15) is 0 Å². The molecule has 2 heterocycles. The summed E-state index contributed by atoms with van der Waals surface area (Å²) in [5, 5.41) is 6.24. The Morgan fingerprint density at radius 3 is 2.86 bits per heavy atom. The van der Waals surface area contributed by atoms with E-state index in [2.05, 4.69) is 47.6 Å². The van der Waals surface area contributed by atoms with Gasteiger partial charge in [-0.3, -0.25) is 4.79 Å². The first-order valence-corrected chi connectivity index (χ1v) is 8.03. The van der Waals surface area contributed by atoms with Gasteiger partial charge in [-0.1, -0.05) is 26.8 Å². The molecule has 0 saturated carbocycles. The van der Waals surface area contributed by atoms with Crippen molar-refractivity contribution in [1.29, 1.82) is 0 Å². The molecule has 0 aliphatic carbocycles. The molecule has 4 nitrogen and oxygen atoms in total. The SMILES string of the molecule is CCNC1C(=O)Nc2cc(N3CCC(C)C(C)C3)ccc21. The molecule has 3 unspecified atom stereocenters. The molecule has 1 aromatic carbocycles. The summed E-state index contributed by atoms with van der Waals surface area (Å²) < 4.78 is 0. The van der Waals surface area contributed by atoms with Gasteiger partial charge in [0.05, 0.1) is 0 Å². The summed E-state index contributed by atoms with van der Waals surface area (Å²) in [6, 6.07) is 6.19. The third kappa shape index (κ3) is 2.64. The van der Waals surface area contributed by atoms with Gasteiger partial charge in [-0.15, -0.1) is 0 Å². The quantitative estimate of drug-likeness (QED) is 0.898. The number of fused-ring (bicyclic) bond motifs is 1. The fourth-order valence-corrected chi connectivity index (χ4v) is 3.35. The highest BCUT2D eigenvalue weighted by atomic mass is 16.2. The molecule has 1 amide bonds. The molecule has 1 aromatic rings. The van der Waals surface area contributed by atoms with E-state index in [0.29, 0.717) is 0 Å². The van der Waals surface area contributed by atoms with Crippen LogP contribution in [0.4, 0.5) is 11.4 Å². The third-order valence-electron chi connectivity index (χ3n) is 4.98. The van der Waals surface area contributed by atoms with Crippen molar-refractivity contribution < 1.29 is 4.79 Å². The van der Waals surface area contributed by atoms with Crippen LogP contribution in [0.2, 0.25) is 0 Å². The second kappa shape index (κ2) is 5.68. The van der Waals surface area contributed by atoms with Crippen LogP contribution in [0.15, 0.2) is 18.2 Å². The molecule has 1 fully saturated rings. The zero-order valence-electron chi connectivity index (χ0n) is 13.1. The Morgan fingerprint density at radius 1 is 1.33 bits per heavy atom. The van der Waals surface area contributed by atoms with Crippen LogP contribution in [-0.2, 0) is 4.79 Å². The second-order valence-corrected chi connectivity index (χ2v) is 6.44. The predicted molar refractivity (Wildman–Crippen MR) is 86.6 cm³/mol. The summed E-state index contributed by atoms with van der Waals surface area (Å²) in [4.78, 5) is 14.5. The number of hydrogen-bond donors (Lipinski definition) is 2. The molecule has 2 N–H and O–H groups in total. The normalized spacial score (nSPS) is 28.4. The van der Waals surface area contributed by atoms with Crippen molar-refractivity contribution >= 4 is 17.3 Å². The molecule has 0 bridgehead atoms. The van der Waals surface area contributed by atoms with Crippen LogP contribution in [-0.4, -0.2) is 25.5 Å². The van der Waals surface area contributed by atoms with Gasteiger partial charge in [0.15, 0.2) is 0 Å². The van der Waals surface area contributed by atoms with E-state index in [0.717, 1.165) is 42.7 Å². The number of likely N-dealkylation sites (N-methyl/N-ethyl adjacent to an activating group) is 1. The van der Waals surface area contributed by atoms with E-state index in [4.69, 9.17) is 0 Å². The maximum atomic E-state index is 12.0. The highest BCUT2D eigenvalue weighted by molar-refractivity contribution is 6.03. The summed E-state index contributed by atoms with van der Waals surface area (Å²) in [7, 11) is 0. The molecule has 114 valence electrons. The third-order valence-corrected chi connectivity index (χ3v) is 4.98. The standard InChI is InChI=1S/C17H25N3O/c1-4-18-16-14-6-5-13(9-15(14)19-17(16)21)20-8-7-11(2)12(3)10-20/h5-6,9,11-12,16,18H,4,7-8,10H2,1-3H3,(H,19,21). The first-order valence-electron chi connectivity index (χ1n) is 8.03. The molecule has 1 saturated heterocycles. The van der Waals surface area contributed by atoms with Gasteiger partial charge in [0.1, 0.15) is 6.04 Å². The van der Waals surface area contributed by atoms with Crippen molar-refractivity contribution in [3.8, 4) is 0 Å². The lowest BCUT2D eigenvalue weighted by Crippen LogP contribution is -2.38. The van der Waals surface area contributed by atoms with Crippen LogP contribution in [0, 0.1) is 11.8 Å². The lowest BCUT2D eigenvalue weighted by molar-refractivity contribution is -0.117. The second-order valence-electron chi connectivity index (χ2n) is 6.44. The molecular weight excluding hydrogens is 262 g/mol. The van der Waals surface area contributed by atoms with E-state index in [9.17, 15) is 4.79 Å². The molecule has 0 radical (unpaired) electrons. The number of benzene rings is 1. The number of nitrogens with zero attached hydrogens (tertiary/aromatic N) is 1. The van der Waals surface area contributed by atoms with Crippen molar-refractivity contribution in [3.05, 3.63) is 23.8 Å². The van der Waals surface area contributed by atoms with E-state index >= 15 is 0 Å². The molecule has 0 spiro atoms. The first-order chi connectivity index (χ1) is 10.1. The number of rotatable bonds is 3. The summed E-state index contributed by atoms with van der Waals surface area (Å²) in [5.41, 5.74) is 3.27. The zero-order chi connectivity index (χ0) is 15.0. The molecule has 2 aliphatic rings. The average Bonchev–Trinajstić information content (AvgIpc) is 2.78. The number of amides is 1. The van der Waals surface area contributed by atoms with Gasteiger partial charge < -0.3 is 15.5 Å². The number of hydrogen-bond acceptors (Lipinski definition) is 3. The minimum Gasteiger partial charge on any atom is -0.371 e. The summed E-state index contributed by atoms with van der Waals surface area (Å²) in [6.45, 7) is 9.69. The van der Waals surface area contributed by atoms with Crippen LogP contribution >= 0.6 is 0 Å². The summed E-state index contributed by atoms with van der Waals surface area (Å²) in [6.07, 6.45) is 1.24. The van der Waals surface area contributed by atoms with Crippen LogP contribution in [0.5, 0.6) is 0 Å². The molecular formula is C17H25N3O. The summed E-state index contributed by atoms with van der Waals surface area (Å²) >= 11 is 0. The van der Waals surface area contributed by atoms with Crippen molar-refractivity contribution in [1.82, 2.24) is 5.32 Å². The van der Waals surface area contributed by atoms with Crippen molar-refractivity contribution in [3.63, 3.8) is 0 Å². The van der Waals surface area contributed by atoms with E-state index < -0.39 is 0 Å². The van der Waals surface area contributed by atoms with Gasteiger partial charge >= 0.3 is 0 Å². The van der Waals surface area contributed by atoms with Gasteiger partial charge in [0.2, 0.25) is 5.91 Å². The lowest BCUT2D eigenvalue weighted by Gasteiger charge is -2.37. The largest absolute Gasteiger partial charge is 0.371 e. The predicted octanol–water partition coefficient (Wildman–Crippen LogP) is 2.77.